The third-order valence-electron chi connectivity index (χ3n) is 2.93. The van der Waals surface area contributed by atoms with Gasteiger partial charge < -0.3 is 14.6 Å². The predicted molar refractivity (Wildman–Crippen MR) is 64.9 cm³/mol. The van der Waals surface area contributed by atoms with E-state index in [2.05, 4.69) is 6.58 Å². The first-order chi connectivity index (χ1) is 8.49. The summed E-state index contributed by atoms with van der Waals surface area (Å²) < 4.78 is 9.74. The fourth-order valence-corrected chi connectivity index (χ4v) is 1.99. The third kappa shape index (κ3) is 5.21. The molecule has 101 valence electrons. The number of esters is 1. The highest BCUT2D eigenvalue weighted by Gasteiger charge is 2.25. The highest BCUT2D eigenvalue weighted by atomic mass is 16.7. The fraction of sp³-hybridized carbons (Fsp3) is 0.615. The van der Waals surface area contributed by atoms with Crippen molar-refractivity contribution in [3.63, 3.8) is 0 Å². The topological polar surface area (TPSA) is 72.8 Å². The second kappa shape index (κ2) is 7.03. The van der Waals surface area contributed by atoms with Gasteiger partial charge >= 0.3 is 12.1 Å². The van der Waals surface area contributed by atoms with E-state index in [4.69, 9.17) is 14.6 Å². The van der Waals surface area contributed by atoms with E-state index in [1.54, 1.807) is 6.92 Å². The van der Waals surface area contributed by atoms with Gasteiger partial charge in [0.2, 0.25) is 0 Å². The zero-order chi connectivity index (χ0) is 13.5. The SMILES string of the molecule is C=C(C)C(=O)OCCC1CC[CH]C(OC(=O)O)C1. The van der Waals surface area contributed by atoms with Crippen LogP contribution >= 0.6 is 0 Å². The highest BCUT2D eigenvalue weighted by Crippen LogP contribution is 2.28. The van der Waals surface area contributed by atoms with Crippen molar-refractivity contribution in [2.24, 2.45) is 5.92 Å². The molecule has 0 amide bonds. The molecule has 1 N–H and O–H groups in total. The second-order valence-corrected chi connectivity index (χ2v) is 4.54. The summed E-state index contributed by atoms with van der Waals surface area (Å²) in [5, 5.41) is 8.54. The molecule has 0 aromatic rings. The molecule has 18 heavy (non-hydrogen) atoms. The lowest BCUT2D eigenvalue weighted by Gasteiger charge is -2.27. The molecule has 5 heteroatoms. The molecule has 0 aliphatic heterocycles. The van der Waals surface area contributed by atoms with Gasteiger partial charge in [0.1, 0.15) is 6.10 Å². The van der Waals surface area contributed by atoms with E-state index in [0.29, 0.717) is 24.5 Å². The zero-order valence-electron chi connectivity index (χ0n) is 10.6. The first-order valence-corrected chi connectivity index (χ1v) is 6.04. The molecule has 1 fully saturated rings. The minimum atomic E-state index is -1.24. The monoisotopic (exact) mass is 255 g/mol. The van der Waals surface area contributed by atoms with Gasteiger partial charge in [0.25, 0.3) is 0 Å². The van der Waals surface area contributed by atoms with Crippen LogP contribution in [-0.2, 0) is 14.3 Å². The summed E-state index contributed by atoms with van der Waals surface area (Å²) in [5.74, 6) is -0.0482. The second-order valence-electron chi connectivity index (χ2n) is 4.54. The van der Waals surface area contributed by atoms with Crippen LogP contribution in [-0.4, -0.2) is 29.9 Å². The van der Waals surface area contributed by atoms with Gasteiger partial charge in [-0.25, -0.2) is 9.59 Å². The Morgan fingerprint density at radius 1 is 1.50 bits per heavy atom. The summed E-state index contributed by atoms with van der Waals surface area (Å²) in [6.45, 7) is 5.45. The number of carboxylic acid groups (broad SMARTS) is 1. The summed E-state index contributed by atoms with van der Waals surface area (Å²) in [4.78, 5) is 21.6. The molecule has 1 radical (unpaired) electrons. The Morgan fingerprint density at radius 2 is 2.22 bits per heavy atom. The number of hydrogen-bond acceptors (Lipinski definition) is 4. The number of hydrogen-bond donors (Lipinski definition) is 1. The van der Waals surface area contributed by atoms with Crippen molar-refractivity contribution >= 4 is 12.1 Å². The Bertz CT molecular complexity index is 323. The summed E-state index contributed by atoms with van der Waals surface area (Å²) in [5.41, 5.74) is 0.388. The first kappa shape index (κ1) is 14.5. The molecule has 0 aromatic heterocycles. The summed E-state index contributed by atoms with van der Waals surface area (Å²) in [6, 6.07) is 0. The average molecular weight is 255 g/mol. The lowest BCUT2D eigenvalue weighted by Crippen LogP contribution is -2.26. The quantitative estimate of drug-likeness (QED) is 0.603. The molecular weight excluding hydrogens is 236 g/mol. The molecule has 1 aliphatic rings. The van der Waals surface area contributed by atoms with E-state index >= 15 is 0 Å². The molecule has 5 nitrogen and oxygen atoms in total. The minimum absolute atomic E-state index is 0.331. The van der Waals surface area contributed by atoms with Crippen LogP contribution in [0.25, 0.3) is 0 Å². The van der Waals surface area contributed by atoms with Crippen molar-refractivity contribution in [3.8, 4) is 0 Å². The largest absolute Gasteiger partial charge is 0.506 e. The molecule has 2 atom stereocenters. The minimum Gasteiger partial charge on any atom is -0.462 e. The molecule has 1 rings (SSSR count). The van der Waals surface area contributed by atoms with Gasteiger partial charge in [0, 0.05) is 12.0 Å². The van der Waals surface area contributed by atoms with E-state index < -0.39 is 6.16 Å². The van der Waals surface area contributed by atoms with Crippen LogP contribution in [0.1, 0.15) is 32.6 Å². The predicted octanol–water partition coefficient (Wildman–Crippen LogP) is 2.56. The molecule has 1 saturated carbocycles. The van der Waals surface area contributed by atoms with Gasteiger partial charge in [-0.3, -0.25) is 0 Å². The molecule has 2 unspecified atom stereocenters. The number of carbonyl (C=O) groups excluding carboxylic acids is 1. The smallest absolute Gasteiger partial charge is 0.462 e. The Balaban J connectivity index is 2.24. The van der Waals surface area contributed by atoms with E-state index in [9.17, 15) is 9.59 Å². The summed E-state index contributed by atoms with van der Waals surface area (Å²) in [7, 11) is 0. The molecule has 0 heterocycles. The number of ether oxygens (including phenoxy) is 2. The normalized spacial score (nSPS) is 23.2. The number of carbonyl (C=O) groups is 2. The summed E-state index contributed by atoms with van der Waals surface area (Å²) >= 11 is 0. The molecule has 0 bridgehead atoms. The van der Waals surface area contributed by atoms with Crippen LogP contribution in [0.2, 0.25) is 0 Å². The summed E-state index contributed by atoms with van der Waals surface area (Å²) in [6.07, 6.45) is 3.50. The molecule has 0 spiro atoms. The van der Waals surface area contributed by atoms with Crippen molar-refractivity contribution in [3.05, 3.63) is 18.6 Å². The highest BCUT2D eigenvalue weighted by molar-refractivity contribution is 5.86. The van der Waals surface area contributed by atoms with Crippen molar-refractivity contribution < 1.29 is 24.2 Å². The van der Waals surface area contributed by atoms with E-state index in [1.807, 2.05) is 6.42 Å². The van der Waals surface area contributed by atoms with Crippen LogP contribution in [0.4, 0.5) is 4.79 Å². The maximum absolute atomic E-state index is 11.2. The van der Waals surface area contributed by atoms with Gasteiger partial charge in [-0.1, -0.05) is 6.58 Å². The van der Waals surface area contributed by atoms with Crippen molar-refractivity contribution in [2.45, 2.75) is 38.7 Å². The maximum Gasteiger partial charge on any atom is 0.506 e. The standard InChI is InChI=1S/C13H19O5/c1-9(2)12(14)17-7-6-10-4-3-5-11(8-10)18-13(15)16/h5,10-11H,1,3-4,6-8H2,2H3,(H,15,16). The van der Waals surface area contributed by atoms with Gasteiger partial charge in [-0.2, -0.15) is 0 Å². The van der Waals surface area contributed by atoms with Crippen LogP contribution < -0.4 is 0 Å². The van der Waals surface area contributed by atoms with E-state index in [0.717, 1.165) is 19.3 Å². The van der Waals surface area contributed by atoms with Crippen LogP contribution in [0.15, 0.2) is 12.2 Å². The van der Waals surface area contributed by atoms with E-state index in [1.165, 1.54) is 0 Å². The van der Waals surface area contributed by atoms with Gasteiger partial charge in [-0.05, 0) is 38.5 Å². The Morgan fingerprint density at radius 3 is 2.83 bits per heavy atom. The van der Waals surface area contributed by atoms with Crippen molar-refractivity contribution in [2.75, 3.05) is 6.61 Å². The average Bonchev–Trinajstić information content (AvgIpc) is 2.28. The van der Waals surface area contributed by atoms with Gasteiger partial charge in [-0.15, -0.1) is 0 Å². The van der Waals surface area contributed by atoms with Crippen LogP contribution in [0.3, 0.4) is 0 Å². The Hall–Kier alpha value is -1.52. The van der Waals surface area contributed by atoms with E-state index in [-0.39, 0.29) is 12.1 Å². The van der Waals surface area contributed by atoms with Gasteiger partial charge in [0.15, 0.2) is 0 Å². The lowest BCUT2D eigenvalue weighted by molar-refractivity contribution is -0.139. The third-order valence-corrected chi connectivity index (χ3v) is 2.93. The molecule has 0 saturated heterocycles. The lowest BCUT2D eigenvalue weighted by atomic mass is 9.85. The van der Waals surface area contributed by atoms with Crippen LogP contribution in [0.5, 0.6) is 0 Å². The first-order valence-electron chi connectivity index (χ1n) is 6.04. The molecular formula is C13H19O5. The van der Waals surface area contributed by atoms with Crippen molar-refractivity contribution in [1.82, 2.24) is 0 Å². The number of rotatable bonds is 5. The fourth-order valence-electron chi connectivity index (χ4n) is 1.99. The maximum atomic E-state index is 11.2. The zero-order valence-corrected chi connectivity index (χ0v) is 10.6. The van der Waals surface area contributed by atoms with Gasteiger partial charge in [0.05, 0.1) is 6.61 Å². The van der Waals surface area contributed by atoms with Crippen molar-refractivity contribution in [1.29, 1.82) is 0 Å². The Kier molecular flexibility index (Phi) is 5.68. The Labute approximate surface area is 107 Å². The molecule has 0 aromatic carbocycles. The van der Waals surface area contributed by atoms with Crippen LogP contribution in [0, 0.1) is 12.3 Å². The molecule has 1 aliphatic carbocycles.